The summed E-state index contributed by atoms with van der Waals surface area (Å²) in [5, 5.41) is 6.61. The maximum Gasteiger partial charge on any atom is 0.226 e. The fourth-order valence-electron chi connectivity index (χ4n) is 3.39. The fraction of sp³-hybridized carbons (Fsp3) is 0.667. The van der Waals surface area contributed by atoms with Crippen LogP contribution in [0.5, 0.6) is 11.5 Å². The second kappa shape index (κ2) is 17.1. The first-order valence-electron chi connectivity index (χ1n) is 11.5. The normalized spacial score (nSPS) is 10.6. The molecular weight excluding hydrogens is 432 g/mol. The summed E-state index contributed by atoms with van der Waals surface area (Å²) in [5.74, 6) is 1.11. The Balaban J connectivity index is 2.14. The molecule has 31 heavy (non-hydrogen) atoms. The van der Waals surface area contributed by atoms with Crippen molar-refractivity contribution in [3.63, 3.8) is 0 Å². The van der Waals surface area contributed by atoms with E-state index in [1.807, 2.05) is 0 Å². The number of unbranched alkanes of at least 4 members (excludes halogenated alkanes) is 10. The van der Waals surface area contributed by atoms with Gasteiger partial charge in [0.05, 0.1) is 14.2 Å². The van der Waals surface area contributed by atoms with Gasteiger partial charge in [-0.3, -0.25) is 4.79 Å². The maximum atomic E-state index is 12.1. The van der Waals surface area contributed by atoms with Gasteiger partial charge in [0.15, 0.2) is 16.6 Å². The van der Waals surface area contributed by atoms with Gasteiger partial charge in [0.25, 0.3) is 0 Å². The largest absolute Gasteiger partial charge is 0.493 e. The SMILES string of the molecule is CCCCCCCCCCCCCC(=O)NC(=S)NCc1cc(OC)c(OC)cc1Cl. The molecule has 0 aliphatic rings. The lowest BCUT2D eigenvalue weighted by atomic mass is 10.1. The molecular formula is C24H39ClN2O3S. The van der Waals surface area contributed by atoms with E-state index in [0.717, 1.165) is 18.4 Å². The van der Waals surface area contributed by atoms with Crippen LogP contribution < -0.4 is 20.1 Å². The topological polar surface area (TPSA) is 59.6 Å². The molecule has 1 aromatic rings. The van der Waals surface area contributed by atoms with Crippen molar-refractivity contribution in [1.29, 1.82) is 0 Å². The van der Waals surface area contributed by atoms with Crippen molar-refractivity contribution >= 4 is 34.8 Å². The second-order valence-electron chi connectivity index (χ2n) is 7.81. The van der Waals surface area contributed by atoms with Crippen molar-refractivity contribution in [1.82, 2.24) is 10.6 Å². The molecule has 2 N–H and O–H groups in total. The number of halogens is 1. The summed E-state index contributed by atoms with van der Waals surface area (Å²) in [6.07, 6.45) is 14.4. The van der Waals surface area contributed by atoms with Crippen LogP contribution >= 0.6 is 23.8 Å². The highest BCUT2D eigenvalue weighted by Crippen LogP contribution is 2.32. The summed E-state index contributed by atoms with van der Waals surface area (Å²) in [5.41, 5.74) is 0.807. The van der Waals surface area contributed by atoms with E-state index >= 15 is 0 Å². The van der Waals surface area contributed by atoms with Gasteiger partial charge in [-0.25, -0.2) is 0 Å². The fourth-order valence-corrected chi connectivity index (χ4v) is 3.80. The third-order valence-corrected chi connectivity index (χ3v) is 5.85. The highest BCUT2D eigenvalue weighted by Gasteiger charge is 2.11. The molecule has 0 aliphatic carbocycles. The number of hydrogen-bond acceptors (Lipinski definition) is 4. The molecule has 0 bridgehead atoms. The molecule has 0 atom stereocenters. The zero-order valence-electron chi connectivity index (χ0n) is 19.4. The molecule has 0 aliphatic heterocycles. The smallest absolute Gasteiger partial charge is 0.226 e. The molecule has 0 unspecified atom stereocenters. The van der Waals surface area contributed by atoms with Crippen LogP contribution in [-0.2, 0) is 11.3 Å². The summed E-state index contributed by atoms with van der Waals surface area (Å²) < 4.78 is 10.5. The quantitative estimate of drug-likeness (QED) is 0.212. The van der Waals surface area contributed by atoms with Gasteiger partial charge in [0, 0.05) is 24.1 Å². The van der Waals surface area contributed by atoms with Crippen molar-refractivity contribution in [3.8, 4) is 11.5 Å². The number of rotatable bonds is 16. The van der Waals surface area contributed by atoms with Crippen molar-refractivity contribution < 1.29 is 14.3 Å². The molecule has 0 fully saturated rings. The molecule has 0 saturated heterocycles. The van der Waals surface area contributed by atoms with E-state index in [0.29, 0.717) is 34.6 Å². The molecule has 7 heteroatoms. The molecule has 0 heterocycles. The van der Waals surface area contributed by atoms with Gasteiger partial charge in [-0.2, -0.15) is 0 Å². The van der Waals surface area contributed by atoms with Crippen molar-refractivity contribution in [2.75, 3.05) is 14.2 Å². The number of carbonyl (C=O) groups is 1. The minimum Gasteiger partial charge on any atom is -0.493 e. The first kappa shape index (κ1) is 27.5. The van der Waals surface area contributed by atoms with Gasteiger partial charge in [-0.15, -0.1) is 0 Å². The lowest BCUT2D eigenvalue weighted by Gasteiger charge is -2.13. The van der Waals surface area contributed by atoms with Crippen LogP contribution in [0.2, 0.25) is 5.02 Å². The van der Waals surface area contributed by atoms with Gasteiger partial charge in [0.1, 0.15) is 0 Å². The number of thiocarbonyl (C=S) groups is 1. The minimum absolute atomic E-state index is 0.0492. The molecule has 5 nitrogen and oxygen atoms in total. The van der Waals surface area contributed by atoms with Crippen LogP contribution in [0.25, 0.3) is 0 Å². The number of nitrogens with one attached hydrogen (secondary N) is 2. The van der Waals surface area contributed by atoms with E-state index in [1.165, 1.54) is 57.8 Å². The highest BCUT2D eigenvalue weighted by molar-refractivity contribution is 7.80. The maximum absolute atomic E-state index is 12.1. The molecule has 176 valence electrons. The third-order valence-electron chi connectivity index (χ3n) is 5.25. The average molecular weight is 471 g/mol. The Morgan fingerprint density at radius 2 is 1.42 bits per heavy atom. The van der Waals surface area contributed by atoms with Crippen LogP contribution in [0.4, 0.5) is 0 Å². The minimum atomic E-state index is -0.0492. The third kappa shape index (κ3) is 12.2. The zero-order chi connectivity index (χ0) is 22.9. The molecule has 1 rings (SSSR count). The van der Waals surface area contributed by atoms with E-state index in [-0.39, 0.29) is 5.91 Å². The monoisotopic (exact) mass is 470 g/mol. The number of ether oxygens (including phenoxy) is 2. The summed E-state index contributed by atoms with van der Waals surface area (Å²) in [6.45, 7) is 2.64. The van der Waals surface area contributed by atoms with Crippen molar-refractivity contribution in [2.24, 2.45) is 0 Å². The van der Waals surface area contributed by atoms with Gasteiger partial charge >= 0.3 is 0 Å². The van der Waals surface area contributed by atoms with Crippen LogP contribution in [-0.4, -0.2) is 25.2 Å². The van der Waals surface area contributed by atoms with E-state index < -0.39 is 0 Å². The summed E-state index contributed by atoms with van der Waals surface area (Å²) in [7, 11) is 3.13. The lowest BCUT2D eigenvalue weighted by Crippen LogP contribution is -2.38. The number of carbonyl (C=O) groups excluding carboxylic acids is 1. The number of hydrogen-bond donors (Lipinski definition) is 2. The summed E-state index contributed by atoms with van der Waals surface area (Å²) in [4.78, 5) is 12.1. The Hall–Kier alpha value is -1.53. The lowest BCUT2D eigenvalue weighted by molar-refractivity contribution is -0.119. The molecule has 0 saturated carbocycles. The van der Waals surface area contributed by atoms with Crippen LogP contribution in [0.3, 0.4) is 0 Å². The molecule has 1 amide bonds. The van der Waals surface area contributed by atoms with Crippen LogP contribution in [0.15, 0.2) is 12.1 Å². The predicted octanol–water partition coefficient (Wildman–Crippen LogP) is 6.55. The van der Waals surface area contributed by atoms with E-state index in [1.54, 1.807) is 26.4 Å². The van der Waals surface area contributed by atoms with Gasteiger partial charge in [-0.1, -0.05) is 82.7 Å². The molecule has 1 aromatic carbocycles. The summed E-state index contributed by atoms with van der Waals surface area (Å²) >= 11 is 11.5. The van der Waals surface area contributed by atoms with Crippen LogP contribution in [0, 0.1) is 0 Å². The standard InChI is InChI=1S/C24H39ClN2O3S/c1-4-5-6-7-8-9-10-11-12-13-14-15-23(28)27-24(31)26-18-19-16-21(29-2)22(30-3)17-20(19)25/h16-17H,4-15,18H2,1-3H3,(H2,26,27,28,31). The number of benzene rings is 1. The Bertz CT molecular complexity index is 670. The molecule has 0 aromatic heterocycles. The van der Waals surface area contributed by atoms with E-state index in [2.05, 4.69) is 17.6 Å². The highest BCUT2D eigenvalue weighted by atomic mass is 35.5. The van der Waals surface area contributed by atoms with Gasteiger partial charge < -0.3 is 20.1 Å². The zero-order valence-corrected chi connectivity index (χ0v) is 20.9. The number of methoxy groups -OCH3 is 2. The first-order valence-corrected chi connectivity index (χ1v) is 12.3. The Morgan fingerprint density at radius 3 is 1.97 bits per heavy atom. The Morgan fingerprint density at radius 1 is 0.903 bits per heavy atom. The van der Waals surface area contributed by atoms with E-state index in [9.17, 15) is 4.79 Å². The molecule has 0 spiro atoms. The van der Waals surface area contributed by atoms with Gasteiger partial charge in [0.2, 0.25) is 5.91 Å². The van der Waals surface area contributed by atoms with Crippen molar-refractivity contribution in [3.05, 3.63) is 22.7 Å². The molecule has 0 radical (unpaired) electrons. The Kier molecular flexibility index (Phi) is 15.2. The number of amides is 1. The van der Waals surface area contributed by atoms with E-state index in [4.69, 9.17) is 33.3 Å². The second-order valence-corrected chi connectivity index (χ2v) is 8.63. The summed E-state index contributed by atoms with van der Waals surface area (Å²) in [6, 6.07) is 3.50. The first-order chi connectivity index (χ1) is 15.0. The Labute approximate surface area is 198 Å². The average Bonchev–Trinajstić information content (AvgIpc) is 2.76. The van der Waals surface area contributed by atoms with Crippen LogP contribution in [0.1, 0.15) is 89.5 Å². The van der Waals surface area contributed by atoms with Crippen molar-refractivity contribution in [2.45, 2.75) is 90.5 Å². The van der Waals surface area contributed by atoms with Gasteiger partial charge in [-0.05, 0) is 30.3 Å². The predicted molar refractivity (Wildman–Crippen MR) is 133 cm³/mol.